The number of benzene rings is 1. The fourth-order valence-electron chi connectivity index (χ4n) is 2.12. The zero-order valence-electron chi connectivity index (χ0n) is 12.0. The molecule has 2 N–H and O–H groups in total. The second-order valence-electron chi connectivity index (χ2n) is 4.85. The van der Waals surface area contributed by atoms with Gasteiger partial charge in [-0.1, -0.05) is 6.07 Å². The quantitative estimate of drug-likeness (QED) is 0.793. The molecule has 1 aliphatic rings. The maximum absolute atomic E-state index is 11.7. The van der Waals surface area contributed by atoms with Gasteiger partial charge in [0.2, 0.25) is 5.91 Å². The number of morpholine rings is 1. The van der Waals surface area contributed by atoms with Gasteiger partial charge in [-0.2, -0.15) is 5.26 Å². The van der Waals surface area contributed by atoms with Crippen molar-refractivity contribution in [3.05, 3.63) is 29.8 Å². The summed E-state index contributed by atoms with van der Waals surface area (Å²) in [4.78, 5) is 14.0. The SMILES string of the molecule is N#Cc1cccc(NCC(=O)NCCN2CCOCC2)c1. The lowest BCUT2D eigenvalue weighted by atomic mass is 10.2. The van der Waals surface area contributed by atoms with E-state index in [1.807, 2.05) is 6.07 Å². The average molecular weight is 288 g/mol. The monoisotopic (exact) mass is 288 g/mol. The van der Waals surface area contributed by atoms with Crippen LogP contribution in [-0.2, 0) is 9.53 Å². The lowest BCUT2D eigenvalue weighted by Gasteiger charge is -2.26. The molecule has 1 heterocycles. The van der Waals surface area contributed by atoms with Crippen molar-refractivity contribution in [3.63, 3.8) is 0 Å². The Morgan fingerprint density at radius 2 is 2.19 bits per heavy atom. The number of ether oxygens (including phenoxy) is 1. The molecule has 1 aromatic rings. The fraction of sp³-hybridized carbons (Fsp3) is 0.467. The summed E-state index contributed by atoms with van der Waals surface area (Å²) in [5, 5.41) is 14.7. The second kappa shape index (κ2) is 8.25. The van der Waals surface area contributed by atoms with Gasteiger partial charge >= 0.3 is 0 Å². The second-order valence-corrected chi connectivity index (χ2v) is 4.85. The Balaban J connectivity index is 1.64. The Morgan fingerprint density at radius 3 is 2.95 bits per heavy atom. The normalized spacial score (nSPS) is 15.2. The molecule has 0 aliphatic carbocycles. The molecule has 6 nitrogen and oxygen atoms in total. The van der Waals surface area contributed by atoms with Gasteiger partial charge in [0.15, 0.2) is 0 Å². The first-order valence-corrected chi connectivity index (χ1v) is 7.09. The standard InChI is InChI=1S/C15H20N4O2/c16-11-13-2-1-3-14(10-13)18-12-15(20)17-4-5-19-6-8-21-9-7-19/h1-3,10,18H,4-9,12H2,(H,17,20). The van der Waals surface area contributed by atoms with E-state index in [0.29, 0.717) is 12.1 Å². The molecule has 1 aromatic carbocycles. The lowest BCUT2D eigenvalue weighted by Crippen LogP contribution is -2.42. The molecule has 0 radical (unpaired) electrons. The van der Waals surface area contributed by atoms with Gasteiger partial charge in [-0.15, -0.1) is 0 Å². The van der Waals surface area contributed by atoms with E-state index in [1.165, 1.54) is 0 Å². The van der Waals surface area contributed by atoms with Crippen molar-refractivity contribution in [1.82, 2.24) is 10.2 Å². The maximum atomic E-state index is 11.7. The largest absolute Gasteiger partial charge is 0.379 e. The number of hydrogen-bond donors (Lipinski definition) is 2. The molecule has 1 amide bonds. The first kappa shape index (κ1) is 15.3. The summed E-state index contributed by atoms with van der Waals surface area (Å²) in [6, 6.07) is 9.15. The third-order valence-electron chi connectivity index (χ3n) is 3.30. The van der Waals surface area contributed by atoms with Gasteiger partial charge in [-0.05, 0) is 18.2 Å². The molecule has 112 valence electrons. The minimum absolute atomic E-state index is 0.0504. The summed E-state index contributed by atoms with van der Waals surface area (Å²) in [6.07, 6.45) is 0. The lowest BCUT2D eigenvalue weighted by molar-refractivity contribution is -0.119. The van der Waals surface area contributed by atoms with Crippen LogP contribution in [0.2, 0.25) is 0 Å². The average Bonchev–Trinajstić information content (AvgIpc) is 2.54. The zero-order valence-corrected chi connectivity index (χ0v) is 12.0. The predicted molar refractivity (Wildman–Crippen MR) is 79.9 cm³/mol. The number of nitriles is 1. The van der Waals surface area contributed by atoms with Gasteiger partial charge in [0.05, 0.1) is 31.4 Å². The van der Waals surface area contributed by atoms with E-state index in [9.17, 15) is 4.79 Å². The number of nitrogens with one attached hydrogen (secondary N) is 2. The van der Waals surface area contributed by atoms with Crippen molar-refractivity contribution >= 4 is 11.6 Å². The van der Waals surface area contributed by atoms with Crippen LogP contribution in [0.4, 0.5) is 5.69 Å². The molecule has 0 aromatic heterocycles. The van der Waals surface area contributed by atoms with Gasteiger partial charge in [0.1, 0.15) is 0 Å². The Labute approximate surface area is 124 Å². The summed E-state index contributed by atoms with van der Waals surface area (Å²) in [6.45, 7) is 5.08. The Morgan fingerprint density at radius 1 is 1.38 bits per heavy atom. The van der Waals surface area contributed by atoms with Gasteiger partial charge in [0.25, 0.3) is 0 Å². The third-order valence-corrected chi connectivity index (χ3v) is 3.30. The van der Waals surface area contributed by atoms with Crippen LogP contribution in [0, 0.1) is 11.3 Å². The van der Waals surface area contributed by atoms with E-state index in [-0.39, 0.29) is 12.5 Å². The molecule has 0 spiro atoms. The molecule has 1 fully saturated rings. The van der Waals surface area contributed by atoms with Crippen LogP contribution in [0.15, 0.2) is 24.3 Å². The minimum atomic E-state index is -0.0504. The van der Waals surface area contributed by atoms with Crippen molar-refractivity contribution < 1.29 is 9.53 Å². The number of nitrogens with zero attached hydrogens (tertiary/aromatic N) is 2. The van der Waals surface area contributed by atoms with E-state index in [4.69, 9.17) is 10.00 Å². The molecular weight excluding hydrogens is 268 g/mol. The molecular formula is C15H20N4O2. The Hall–Kier alpha value is -2.10. The van der Waals surface area contributed by atoms with E-state index in [1.54, 1.807) is 18.2 Å². The highest BCUT2D eigenvalue weighted by Crippen LogP contribution is 2.08. The molecule has 0 atom stereocenters. The van der Waals surface area contributed by atoms with Crippen LogP contribution in [0.1, 0.15) is 5.56 Å². The topological polar surface area (TPSA) is 77.4 Å². The minimum Gasteiger partial charge on any atom is -0.379 e. The molecule has 21 heavy (non-hydrogen) atoms. The molecule has 6 heteroatoms. The van der Waals surface area contributed by atoms with Crippen molar-refractivity contribution in [3.8, 4) is 6.07 Å². The Kier molecular flexibility index (Phi) is 6.00. The van der Waals surface area contributed by atoms with Gasteiger partial charge in [0, 0.05) is 31.9 Å². The molecule has 1 saturated heterocycles. The zero-order chi connectivity index (χ0) is 14.9. The first-order chi connectivity index (χ1) is 10.3. The van der Waals surface area contributed by atoms with Gasteiger partial charge in [-0.25, -0.2) is 0 Å². The summed E-state index contributed by atoms with van der Waals surface area (Å²) < 4.78 is 5.27. The number of hydrogen-bond acceptors (Lipinski definition) is 5. The highest BCUT2D eigenvalue weighted by atomic mass is 16.5. The first-order valence-electron chi connectivity index (χ1n) is 7.09. The Bertz CT molecular complexity index is 507. The molecule has 1 aliphatic heterocycles. The number of anilines is 1. The number of amides is 1. The third kappa shape index (κ3) is 5.42. The van der Waals surface area contributed by atoms with Gasteiger partial charge < -0.3 is 15.4 Å². The summed E-state index contributed by atoms with van der Waals surface area (Å²) in [5.74, 6) is -0.0504. The van der Waals surface area contributed by atoms with Crippen molar-refractivity contribution in [2.45, 2.75) is 0 Å². The van der Waals surface area contributed by atoms with Crippen LogP contribution in [0.25, 0.3) is 0 Å². The smallest absolute Gasteiger partial charge is 0.239 e. The van der Waals surface area contributed by atoms with Crippen molar-refractivity contribution in [1.29, 1.82) is 5.26 Å². The van der Waals surface area contributed by atoms with E-state index < -0.39 is 0 Å². The van der Waals surface area contributed by atoms with Gasteiger partial charge in [-0.3, -0.25) is 9.69 Å². The highest BCUT2D eigenvalue weighted by Gasteiger charge is 2.10. The van der Waals surface area contributed by atoms with E-state index in [2.05, 4.69) is 21.6 Å². The summed E-state index contributed by atoms with van der Waals surface area (Å²) in [7, 11) is 0. The van der Waals surface area contributed by atoms with E-state index >= 15 is 0 Å². The van der Waals surface area contributed by atoms with Crippen molar-refractivity contribution in [2.24, 2.45) is 0 Å². The highest BCUT2D eigenvalue weighted by molar-refractivity contribution is 5.80. The van der Waals surface area contributed by atoms with Crippen LogP contribution < -0.4 is 10.6 Å². The fourth-order valence-corrected chi connectivity index (χ4v) is 2.12. The molecule has 0 bridgehead atoms. The number of carbonyl (C=O) groups excluding carboxylic acids is 1. The van der Waals surface area contributed by atoms with Crippen LogP contribution in [0.5, 0.6) is 0 Å². The molecule has 0 saturated carbocycles. The van der Waals surface area contributed by atoms with Crippen LogP contribution in [-0.4, -0.2) is 56.7 Å². The molecule has 2 rings (SSSR count). The number of carbonyl (C=O) groups is 1. The van der Waals surface area contributed by atoms with E-state index in [0.717, 1.165) is 38.5 Å². The maximum Gasteiger partial charge on any atom is 0.239 e. The number of rotatable bonds is 6. The summed E-state index contributed by atoms with van der Waals surface area (Å²) >= 11 is 0. The van der Waals surface area contributed by atoms with Crippen molar-refractivity contribution in [2.75, 3.05) is 51.3 Å². The summed E-state index contributed by atoms with van der Waals surface area (Å²) in [5.41, 5.74) is 1.35. The van der Waals surface area contributed by atoms with Crippen LogP contribution >= 0.6 is 0 Å². The van der Waals surface area contributed by atoms with Crippen LogP contribution in [0.3, 0.4) is 0 Å². The molecule has 0 unspecified atom stereocenters. The predicted octanol–water partition coefficient (Wildman–Crippen LogP) is 0.419.